The molecule has 1 N–H and O–H groups in total. The van der Waals surface area contributed by atoms with Crippen molar-refractivity contribution in [3.8, 4) is 0 Å². The third-order valence-corrected chi connectivity index (χ3v) is 4.82. The summed E-state index contributed by atoms with van der Waals surface area (Å²) in [4.78, 5) is 2.27. The van der Waals surface area contributed by atoms with Gasteiger partial charge in [-0.15, -0.1) is 0 Å². The molecule has 0 radical (unpaired) electrons. The predicted molar refractivity (Wildman–Crippen MR) is 70.7 cm³/mol. The highest BCUT2D eigenvalue weighted by Crippen LogP contribution is 2.33. The van der Waals surface area contributed by atoms with Crippen LogP contribution in [-0.2, 0) is 0 Å². The molecule has 0 spiro atoms. The minimum absolute atomic E-state index is 0.516. The lowest BCUT2D eigenvalue weighted by molar-refractivity contribution is 0.269. The van der Waals surface area contributed by atoms with E-state index >= 15 is 0 Å². The molecule has 1 saturated heterocycles. The molecule has 1 aliphatic rings. The Bertz CT molecular complexity index is 192. The molecule has 1 heterocycles. The molecule has 0 saturated carbocycles. The van der Waals surface area contributed by atoms with Crippen LogP contribution >= 0.6 is 11.8 Å². The monoisotopic (exact) mass is 230 g/mol. The number of thioether (sulfide) groups is 1. The van der Waals surface area contributed by atoms with Crippen LogP contribution in [0.25, 0.3) is 0 Å². The highest BCUT2D eigenvalue weighted by atomic mass is 32.2. The third-order valence-electron chi connectivity index (χ3n) is 3.19. The molecule has 1 aliphatic heterocycles. The van der Waals surface area contributed by atoms with E-state index in [4.69, 9.17) is 0 Å². The van der Waals surface area contributed by atoms with E-state index in [2.05, 4.69) is 56.8 Å². The van der Waals surface area contributed by atoms with Gasteiger partial charge >= 0.3 is 0 Å². The number of nitrogens with zero attached hydrogens (tertiary/aromatic N) is 1. The van der Waals surface area contributed by atoms with Gasteiger partial charge in [0.05, 0.1) is 0 Å². The smallest absolute Gasteiger partial charge is 0.0186 e. The van der Waals surface area contributed by atoms with Crippen LogP contribution in [0.4, 0.5) is 0 Å². The fraction of sp³-hybridized carbons (Fsp3) is 1.00. The zero-order valence-corrected chi connectivity index (χ0v) is 11.7. The summed E-state index contributed by atoms with van der Waals surface area (Å²) in [6, 6.07) is 1.33. The van der Waals surface area contributed by atoms with Gasteiger partial charge in [0.2, 0.25) is 0 Å². The van der Waals surface area contributed by atoms with Gasteiger partial charge in [0.25, 0.3) is 0 Å². The molecule has 0 aliphatic carbocycles. The van der Waals surface area contributed by atoms with Crippen molar-refractivity contribution in [1.82, 2.24) is 10.2 Å². The van der Waals surface area contributed by atoms with Gasteiger partial charge in [-0.1, -0.05) is 13.8 Å². The first kappa shape index (κ1) is 13.3. The topological polar surface area (TPSA) is 15.3 Å². The third kappa shape index (κ3) is 4.75. The summed E-state index contributed by atoms with van der Waals surface area (Å²) in [6.45, 7) is 8.13. The minimum Gasteiger partial charge on any atom is -0.312 e. The highest BCUT2D eigenvalue weighted by Gasteiger charge is 2.28. The Morgan fingerprint density at radius 1 is 1.47 bits per heavy atom. The van der Waals surface area contributed by atoms with E-state index in [1.165, 1.54) is 17.9 Å². The predicted octanol–water partition coefficient (Wildman–Crippen LogP) is 2.06. The zero-order valence-electron chi connectivity index (χ0n) is 10.8. The molecular formula is C12H26N2S. The quantitative estimate of drug-likeness (QED) is 0.796. The van der Waals surface area contributed by atoms with Gasteiger partial charge in [-0.3, -0.25) is 0 Å². The Morgan fingerprint density at radius 2 is 2.13 bits per heavy atom. The largest absolute Gasteiger partial charge is 0.312 e. The number of likely N-dealkylation sites (N-methyl/N-ethyl adjacent to an activating group) is 1. The van der Waals surface area contributed by atoms with Crippen molar-refractivity contribution in [2.45, 2.75) is 39.3 Å². The Labute approximate surface area is 99.2 Å². The summed E-state index contributed by atoms with van der Waals surface area (Å²) >= 11 is 2.09. The van der Waals surface area contributed by atoms with Crippen LogP contribution in [0.2, 0.25) is 0 Å². The molecule has 2 unspecified atom stereocenters. The van der Waals surface area contributed by atoms with Crippen LogP contribution in [0.15, 0.2) is 0 Å². The van der Waals surface area contributed by atoms with Gasteiger partial charge < -0.3 is 10.2 Å². The van der Waals surface area contributed by atoms with Crippen molar-refractivity contribution >= 4 is 11.8 Å². The lowest BCUT2D eigenvalue weighted by Gasteiger charge is -2.36. The Kier molecular flexibility index (Phi) is 4.94. The summed E-state index contributed by atoms with van der Waals surface area (Å²) in [5.41, 5.74) is 0.516. The van der Waals surface area contributed by atoms with Crippen LogP contribution in [-0.4, -0.2) is 49.1 Å². The van der Waals surface area contributed by atoms with Crippen LogP contribution in [0.3, 0.4) is 0 Å². The van der Waals surface area contributed by atoms with Gasteiger partial charge in [0.1, 0.15) is 0 Å². The molecule has 1 fully saturated rings. The fourth-order valence-corrected chi connectivity index (χ4v) is 3.22. The van der Waals surface area contributed by atoms with Crippen LogP contribution in [0, 0.1) is 5.41 Å². The van der Waals surface area contributed by atoms with Crippen molar-refractivity contribution in [2.24, 2.45) is 5.41 Å². The molecule has 3 heteroatoms. The van der Waals surface area contributed by atoms with Crippen molar-refractivity contribution in [3.63, 3.8) is 0 Å². The Hall–Kier alpha value is 0.270. The number of nitrogens with one attached hydrogen (secondary N) is 1. The number of hydrogen-bond donors (Lipinski definition) is 1. The first-order valence-electron chi connectivity index (χ1n) is 5.88. The van der Waals surface area contributed by atoms with E-state index in [-0.39, 0.29) is 0 Å². The van der Waals surface area contributed by atoms with Gasteiger partial charge in [-0.25, -0.2) is 0 Å². The molecular weight excluding hydrogens is 204 g/mol. The molecule has 2 atom stereocenters. The minimum atomic E-state index is 0.516. The lowest BCUT2D eigenvalue weighted by Crippen LogP contribution is -2.45. The standard InChI is InChI=1S/C12H26N2S/c1-10(14(4)5)7-13-11-6-12(2,3)9-15-8-11/h10-11,13H,6-9H2,1-5H3. The molecule has 15 heavy (non-hydrogen) atoms. The van der Waals surface area contributed by atoms with E-state index in [0.29, 0.717) is 17.5 Å². The first-order valence-corrected chi connectivity index (χ1v) is 7.04. The van der Waals surface area contributed by atoms with Crippen LogP contribution < -0.4 is 5.32 Å². The van der Waals surface area contributed by atoms with Crippen molar-refractivity contribution in [1.29, 1.82) is 0 Å². The van der Waals surface area contributed by atoms with Crippen molar-refractivity contribution in [2.75, 3.05) is 32.1 Å². The van der Waals surface area contributed by atoms with Gasteiger partial charge in [0.15, 0.2) is 0 Å². The summed E-state index contributed by atoms with van der Waals surface area (Å²) in [7, 11) is 4.29. The van der Waals surface area contributed by atoms with E-state index < -0.39 is 0 Å². The van der Waals surface area contributed by atoms with E-state index in [1.54, 1.807) is 0 Å². The van der Waals surface area contributed by atoms with Crippen LogP contribution in [0.1, 0.15) is 27.2 Å². The van der Waals surface area contributed by atoms with Gasteiger partial charge in [-0.05, 0) is 38.6 Å². The zero-order chi connectivity index (χ0) is 11.5. The molecule has 2 nitrogen and oxygen atoms in total. The van der Waals surface area contributed by atoms with Crippen molar-refractivity contribution in [3.05, 3.63) is 0 Å². The number of hydrogen-bond acceptors (Lipinski definition) is 3. The molecule has 0 aromatic heterocycles. The maximum atomic E-state index is 3.70. The molecule has 0 amide bonds. The second kappa shape index (κ2) is 5.55. The maximum absolute atomic E-state index is 3.70. The molecule has 0 bridgehead atoms. The fourth-order valence-electron chi connectivity index (χ4n) is 1.91. The first-order chi connectivity index (χ1) is 6.91. The second-order valence-corrected chi connectivity index (χ2v) is 6.83. The molecule has 1 rings (SSSR count). The molecule has 90 valence electrons. The van der Waals surface area contributed by atoms with E-state index in [0.717, 1.165) is 6.54 Å². The van der Waals surface area contributed by atoms with Crippen LogP contribution in [0.5, 0.6) is 0 Å². The normalized spacial score (nSPS) is 28.0. The Morgan fingerprint density at radius 3 is 2.67 bits per heavy atom. The van der Waals surface area contributed by atoms with E-state index in [9.17, 15) is 0 Å². The molecule has 0 aromatic carbocycles. The number of rotatable bonds is 4. The SMILES string of the molecule is CC(CNC1CSCC(C)(C)C1)N(C)C. The summed E-state index contributed by atoms with van der Waals surface area (Å²) in [6.07, 6.45) is 1.32. The average Bonchev–Trinajstić information content (AvgIpc) is 2.12. The van der Waals surface area contributed by atoms with Gasteiger partial charge in [-0.2, -0.15) is 11.8 Å². The van der Waals surface area contributed by atoms with Gasteiger partial charge in [0, 0.05) is 24.4 Å². The van der Waals surface area contributed by atoms with E-state index in [1.807, 2.05) is 0 Å². The highest BCUT2D eigenvalue weighted by molar-refractivity contribution is 7.99. The average molecular weight is 230 g/mol. The molecule has 0 aromatic rings. The maximum Gasteiger partial charge on any atom is 0.0186 e. The summed E-state index contributed by atoms with van der Waals surface area (Å²) < 4.78 is 0. The van der Waals surface area contributed by atoms with Crippen molar-refractivity contribution < 1.29 is 0 Å². The second-order valence-electron chi connectivity index (χ2n) is 5.80. The Balaban J connectivity index is 2.27. The lowest BCUT2D eigenvalue weighted by atomic mass is 9.88. The summed E-state index contributed by atoms with van der Waals surface area (Å²) in [5.74, 6) is 2.60. The summed E-state index contributed by atoms with van der Waals surface area (Å²) in [5, 5.41) is 3.70.